The maximum Gasteiger partial charge on any atom is 0.220 e. The minimum absolute atomic E-state index is 0.0332. The average Bonchev–Trinajstić information content (AvgIpc) is 3.24. The van der Waals surface area contributed by atoms with Gasteiger partial charge in [-0.3, -0.25) is 4.79 Å². The fourth-order valence-corrected chi connectivity index (χ4v) is 10.3. The van der Waals surface area contributed by atoms with Crippen LogP contribution in [0.25, 0.3) is 0 Å². The summed E-state index contributed by atoms with van der Waals surface area (Å²) in [7, 11) is 0. The Morgan fingerprint density at radius 2 is 1.72 bits per heavy atom. The van der Waals surface area contributed by atoms with Crippen molar-refractivity contribution in [3.05, 3.63) is 32.8 Å². The molecule has 218 valence electrons. The zero-order valence-electron chi connectivity index (χ0n) is 23.3. The summed E-state index contributed by atoms with van der Waals surface area (Å²) in [6.07, 6.45) is 6.21. The van der Waals surface area contributed by atoms with Gasteiger partial charge in [-0.15, -0.1) is 0 Å². The number of aliphatic hydroxyl groups excluding tert-OH is 3. The van der Waals surface area contributed by atoms with Gasteiger partial charge in [0.1, 0.15) is 0 Å². The molecule has 8 heteroatoms. The van der Waals surface area contributed by atoms with E-state index in [0.29, 0.717) is 45.8 Å². The predicted octanol–water partition coefficient (Wildman–Crippen LogP) is 6.64. The number of hydrogen-bond donors (Lipinski definition) is 4. The first-order valence-corrected chi connectivity index (χ1v) is 15.9. The third-order valence-electron chi connectivity index (χ3n) is 11.9. The van der Waals surface area contributed by atoms with E-state index < -0.39 is 6.10 Å². The lowest BCUT2D eigenvalue weighted by molar-refractivity contribution is -0.207. The highest BCUT2D eigenvalue weighted by atomic mass is 35.5. The van der Waals surface area contributed by atoms with Crippen LogP contribution in [0.2, 0.25) is 15.1 Å². The quantitative estimate of drug-likeness (QED) is 0.276. The van der Waals surface area contributed by atoms with Crippen molar-refractivity contribution in [2.75, 3.05) is 0 Å². The Bertz CT molecular complexity index is 1090. The second-order valence-corrected chi connectivity index (χ2v) is 14.9. The lowest BCUT2D eigenvalue weighted by Crippen LogP contribution is -2.62. The first-order valence-electron chi connectivity index (χ1n) is 14.8. The minimum Gasteiger partial charge on any atom is -0.393 e. The van der Waals surface area contributed by atoms with Crippen molar-refractivity contribution in [2.24, 2.45) is 46.3 Å². The normalized spacial score (nSPS) is 42.3. The number of hydrogen-bond acceptors (Lipinski definition) is 4. The van der Waals surface area contributed by atoms with Gasteiger partial charge in [0.15, 0.2) is 0 Å². The molecule has 0 heterocycles. The second-order valence-electron chi connectivity index (χ2n) is 13.7. The van der Waals surface area contributed by atoms with E-state index in [0.717, 1.165) is 56.9 Å². The SMILES string of the molecule is C[C@H](CCC(=O)NCc1cc(Cl)c(Cl)cc1Cl)[C@H]1CC[C@H]2[C@@H]3[C@H](O)C[C@@H]4C[C@H](O)CC[C@]4(C)[C@H]3C[C@H](O)[C@]12C. The van der Waals surface area contributed by atoms with Crippen molar-refractivity contribution in [1.29, 1.82) is 0 Å². The van der Waals surface area contributed by atoms with Crippen LogP contribution in [-0.4, -0.2) is 39.5 Å². The van der Waals surface area contributed by atoms with Gasteiger partial charge in [0.2, 0.25) is 5.91 Å². The molecule has 0 saturated heterocycles. The maximum atomic E-state index is 12.7. The molecule has 5 nitrogen and oxygen atoms in total. The summed E-state index contributed by atoms with van der Waals surface area (Å²) in [5.74, 6) is 1.65. The van der Waals surface area contributed by atoms with Crippen molar-refractivity contribution in [2.45, 2.75) is 103 Å². The van der Waals surface area contributed by atoms with Gasteiger partial charge in [-0.05, 0) is 115 Å². The molecule has 0 spiro atoms. The Hall–Kier alpha value is -0.560. The molecule has 4 aliphatic carbocycles. The monoisotopic (exact) mass is 599 g/mol. The summed E-state index contributed by atoms with van der Waals surface area (Å²) in [6, 6.07) is 3.28. The molecule has 39 heavy (non-hydrogen) atoms. The van der Waals surface area contributed by atoms with Crippen molar-refractivity contribution >= 4 is 40.7 Å². The molecule has 4 saturated carbocycles. The van der Waals surface area contributed by atoms with E-state index in [1.165, 1.54) is 0 Å². The number of carbonyl (C=O) groups is 1. The number of benzene rings is 1. The summed E-state index contributed by atoms with van der Waals surface area (Å²) in [5.41, 5.74) is 0.543. The Balaban J connectivity index is 1.23. The van der Waals surface area contributed by atoms with Crippen LogP contribution in [0, 0.1) is 46.3 Å². The molecule has 5 rings (SSSR count). The molecule has 1 aromatic carbocycles. The van der Waals surface area contributed by atoms with Crippen LogP contribution in [-0.2, 0) is 11.3 Å². The smallest absolute Gasteiger partial charge is 0.220 e. The Kier molecular flexibility index (Phi) is 8.64. The van der Waals surface area contributed by atoms with Crippen molar-refractivity contribution in [3.63, 3.8) is 0 Å². The molecule has 0 aliphatic heterocycles. The standard InChI is InChI=1S/C31H44Cl3NO4/c1-16(4-7-28(39)35-15-17-10-24(33)25(34)14-23(17)32)20-5-6-21-29-22(13-27(38)31(20,21)3)30(2)9-8-19(36)11-18(30)12-26(29)37/h10,14,16,18-22,26-27,29,36-38H,4-9,11-13,15H2,1-3H3,(H,35,39)/t16-,18+,19-,20-,21+,22+,26-,27+,29+,30+,31-/m1/s1. The summed E-state index contributed by atoms with van der Waals surface area (Å²) in [6.45, 7) is 7.13. The number of halogens is 3. The number of amides is 1. The number of rotatable bonds is 6. The zero-order valence-corrected chi connectivity index (χ0v) is 25.6. The highest BCUT2D eigenvalue weighted by Crippen LogP contribution is 2.68. The van der Waals surface area contributed by atoms with Crippen molar-refractivity contribution in [3.8, 4) is 0 Å². The number of carbonyl (C=O) groups excluding carboxylic acids is 1. The van der Waals surface area contributed by atoms with E-state index in [-0.39, 0.29) is 46.7 Å². The molecule has 1 amide bonds. The van der Waals surface area contributed by atoms with E-state index >= 15 is 0 Å². The molecule has 0 aromatic heterocycles. The van der Waals surface area contributed by atoms with Gasteiger partial charge >= 0.3 is 0 Å². The van der Waals surface area contributed by atoms with Crippen LogP contribution in [0.5, 0.6) is 0 Å². The van der Waals surface area contributed by atoms with Crippen LogP contribution in [0.1, 0.15) is 84.1 Å². The first kappa shape index (κ1) is 29.9. The van der Waals surface area contributed by atoms with Crippen LogP contribution in [0.3, 0.4) is 0 Å². The number of fused-ring (bicyclic) bond motifs is 5. The highest BCUT2D eigenvalue weighted by Gasteiger charge is 2.65. The minimum atomic E-state index is -0.418. The molecule has 1 aromatic rings. The summed E-state index contributed by atoms with van der Waals surface area (Å²) < 4.78 is 0. The summed E-state index contributed by atoms with van der Waals surface area (Å²) in [5, 5.41) is 37.8. The van der Waals surface area contributed by atoms with Crippen LogP contribution < -0.4 is 5.32 Å². The van der Waals surface area contributed by atoms with E-state index in [4.69, 9.17) is 34.8 Å². The molecular formula is C31H44Cl3NO4. The molecule has 0 radical (unpaired) electrons. The Morgan fingerprint density at radius 1 is 1.00 bits per heavy atom. The van der Waals surface area contributed by atoms with Gasteiger partial charge in [-0.1, -0.05) is 55.6 Å². The van der Waals surface area contributed by atoms with E-state index in [1.807, 2.05) is 0 Å². The van der Waals surface area contributed by atoms with Crippen molar-refractivity contribution in [1.82, 2.24) is 5.32 Å². The van der Waals surface area contributed by atoms with Gasteiger partial charge in [0.05, 0.1) is 28.4 Å². The van der Waals surface area contributed by atoms with Crippen molar-refractivity contribution < 1.29 is 20.1 Å². The van der Waals surface area contributed by atoms with Gasteiger partial charge < -0.3 is 20.6 Å². The molecule has 0 bridgehead atoms. The third-order valence-corrected chi connectivity index (χ3v) is 13.0. The molecular weight excluding hydrogens is 557 g/mol. The highest BCUT2D eigenvalue weighted by molar-refractivity contribution is 6.43. The summed E-state index contributed by atoms with van der Waals surface area (Å²) in [4.78, 5) is 12.7. The van der Waals surface area contributed by atoms with E-state index in [9.17, 15) is 20.1 Å². The fourth-order valence-electron chi connectivity index (χ4n) is 9.67. The zero-order chi connectivity index (χ0) is 28.3. The second kappa shape index (κ2) is 11.3. The number of nitrogens with one attached hydrogen (secondary N) is 1. The molecule has 11 atom stereocenters. The summed E-state index contributed by atoms with van der Waals surface area (Å²) >= 11 is 18.4. The first-order chi connectivity index (χ1) is 18.4. The number of aliphatic hydroxyl groups is 3. The lowest BCUT2D eigenvalue weighted by atomic mass is 9.43. The van der Waals surface area contributed by atoms with Crippen LogP contribution >= 0.6 is 34.8 Å². The van der Waals surface area contributed by atoms with Gasteiger partial charge in [0, 0.05) is 18.0 Å². The molecule has 4 fully saturated rings. The van der Waals surface area contributed by atoms with E-state index in [2.05, 4.69) is 26.1 Å². The molecule has 0 unspecified atom stereocenters. The lowest BCUT2D eigenvalue weighted by Gasteiger charge is -2.63. The molecule has 4 N–H and O–H groups in total. The third kappa shape index (κ3) is 5.27. The largest absolute Gasteiger partial charge is 0.393 e. The fraction of sp³-hybridized carbons (Fsp3) is 0.774. The topological polar surface area (TPSA) is 89.8 Å². The Morgan fingerprint density at radius 3 is 2.46 bits per heavy atom. The predicted molar refractivity (Wildman–Crippen MR) is 156 cm³/mol. The van der Waals surface area contributed by atoms with Gasteiger partial charge in [-0.25, -0.2) is 0 Å². The van der Waals surface area contributed by atoms with Crippen LogP contribution in [0.4, 0.5) is 0 Å². The van der Waals surface area contributed by atoms with Crippen LogP contribution in [0.15, 0.2) is 12.1 Å². The van der Waals surface area contributed by atoms with E-state index in [1.54, 1.807) is 12.1 Å². The van der Waals surface area contributed by atoms with Gasteiger partial charge in [0.25, 0.3) is 0 Å². The average molecular weight is 601 g/mol. The van der Waals surface area contributed by atoms with Gasteiger partial charge in [-0.2, -0.15) is 0 Å². The molecule has 4 aliphatic rings. The maximum absolute atomic E-state index is 12.7. The Labute approximate surface area is 248 Å².